The highest BCUT2D eigenvalue weighted by atomic mass is 16.3. The first-order chi connectivity index (χ1) is 8.33. The van der Waals surface area contributed by atoms with Crippen molar-refractivity contribution in [3.63, 3.8) is 0 Å². The highest BCUT2D eigenvalue weighted by Gasteiger charge is 2.29. The van der Waals surface area contributed by atoms with Crippen LogP contribution in [-0.4, -0.2) is 47.7 Å². The minimum absolute atomic E-state index is 0.0504. The van der Waals surface area contributed by atoms with E-state index in [9.17, 15) is 9.90 Å². The SMILES string of the molecule is CCNC1CCCN(CC(O)CC(C)(C)C)C1=O. The first-order valence-corrected chi connectivity index (χ1v) is 7.03. The van der Waals surface area contributed by atoms with Gasteiger partial charge in [0.2, 0.25) is 5.91 Å². The van der Waals surface area contributed by atoms with Crippen LogP contribution in [0.4, 0.5) is 0 Å². The summed E-state index contributed by atoms with van der Waals surface area (Å²) in [7, 11) is 0. The molecule has 0 spiro atoms. The summed E-state index contributed by atoms with van der Waals surface area (Å²) in [5.74, 6) is 0.149. The molecule has 1 aliphatic rings. The molecule has 2 N–H and O–H groups in total. The second-order valence-corrected chi connectivity index (χ2v) is 6.46. The Labute approximate surface area is 111 Å². The van der Waals surface area contributed by atoms with Crippen LogP contribution in [0.3, 0.4) is 0 Å². The molecule has 18 heavy (non-hydrogen) atoms. The molecular formula is C14H28N2O2. The van der Waals surface area contributed by atoms with Gasteiger partial charge in [0.05, 0.1) is 12.1 Å². The first-order valence-electron chi connectivity index (χ1n) is 7.03. The normalized spacial score (nSPS) is 23.3. The summed E-state index contributed by atoms with van der Waals surface area (Å²) in [6, 6.07) is -0.0504. The number of piperidine rings is 1. The van der Waals surface area contributed by atoms with Crippen molar-refractivity contribution in [2.45, 2.75) is 59.1 Å². The zero-order valence-electron chi connectivity index (χ0n) is 12.2. The minimum atomic E-state index is -0.422. The number of β-amino-alcohol motifs (C(OH)–C–C–N with tert-alkyl or cyclic N) is 1. The van der Waals surface area contributed by atoms with E-state index in [0.29, 0.717) is 6.54 Å². The Balaban J connectivity index is 2.48. The number of rotatable bonds is 5. The maximum Gasteiger partial charge on any atom is 0.239 e. The summed E-state index contributed by atoms with van der Waals surface area (Å²) in [6.07, 6.45) is 2.24. The van der Waals surface area contributed by atoms with Crippen molar-refractivity contribution in [1.82, 2.24) is 10.2 Å². The molecule has 1 heterocycles. The first kappa shape index (κ1) is 15.4. The van der Waals surface area contributed by atoms with Gasteiger partial charge in [-0.3, -0.25) is 4.79 Å². The lowest BCUT2D eigenvalue weighted by Gasteiger charge is -2.35. The highest BCUT2D eigenvalue weighted by molar-refractivity contribution is 5.82. The molecule has 1 fully saturated rings. The molecule has 0 aromatic heterocycles. The predicted octanol–water partition coefficient (Wildman–Crippen LogP) is 1.38. The third-order valence-corrected chi connectivity index (χ3v) is 3.26. The number of carbonyl (C=O) groups excluding carboxylic acids is 1. The molecule has 1 saturated heterocycles. The Morgan fingerprint density at radius 2 is 2.17 bits per heavy atom. The summed E-state index contributed by atoms with van der Waals surface area (Å²) < 4.78 is 0. The van der Waals surface area contributed by atoms with E-state index in [1.165, 1.54) is 0 Å². The predicted molar refractivity (Wildman–Crippen MR) is 73.4 cm³/mol. The minimum Gasteiger partial charge on any atom is -0.391 e. The average Bonchev–Trinajstić information content (AvgIpc) is 2.21. The zero-order valence-corrected chi connectivity index (χ0v) is 12.2. The highest BCUT2D eigenvalue weighted by Crippen LogP contribution is 2.22. The molecule has 4 nitrogen and oxygen atoms in total. The fourth-order valence-corrected chi connectivity index (χ4v) is 2.58. The van der Waals surface area contributed by atoms with Crippen LogP contribution in [-0.2, 0) is 4.79 Å². The number of nitrogens with one attached hydrogen (secondary N) is 1. The molecule has 4 heteroatoms. The van der Waals surface area contributed by atoms with Crippen LogP contribution < -0.4 is 5.32 Å². The van der Waals surface area contributed by atoms with Gasteiger partial charge in [-0.05, 0) is 31.2 Å². The van der Waals surface area contributed by atoms with Gasteiger partial charge in [0.15, 0.2) is 0 Å². The standard InChI is InChI=1S/C14H28N2O2/c1-5-15-12-7-6-8-16(13(12)18)10-11(17)9-14(2,3)4/h11-12,15,17H,5-10H2,1-4H3. The molecule has 106 valence electrons. The van der Waals surface area contributed by atoms with Crippen molar-refractivity contribution in [2.24, 2.45) is 5.41 Å². The molecule has 2 unspecified atom stereocenters. The number of hydrogen-bond acceptors (Lipinski definition) is 3. The lowest BCUT2D eigenvalue weighted by atomic mass is 9.89. The van der Waals surface area contributed by atoms with Crippen molar-refractivity contribution in [3.8, 4) is 0 Å². The molecule has 0 bridgehead atoms. The van der Waals surface area contributed by atoms with Gasteiger partial charge in [0, 0.05) is 13.1 Å². The Morgan fingerprint density at radius 3 is 2.72 bits per heavy atom. The van der Waals surface area contributed by atoms with Crippen molar-refractivity contribution in [3.05, 3.63) is 0 Å². The van der Waals surface area contributed by atoms with E-state index in [-0.39, 0.29) is 17.4 Å². The van der Waals surface area contributed by atoms with E-state index in [1.807, 2.05) is 11.8 Å². The van der Waals surface area contributed by atoms with Gasteiger partial charge in [-0.15, -0.1) is 0 Å². The molecule has 0 saturated carbocycles. The molecule has 0 aromatic rings. The molecule has 1 aliphatic heterocycles. The van der Waals surface area contributed by atoms with Crippen LogP contribution in [0.15, 0.2) is 0 Å². The van der Waals surface area contributed by atoms with Crippen LogP contribution in [0, 0.1) is 5.41 Å². The van der Waals surface area contributed by atoms with E-state index in [2.05, 4.69) is 26.1 Å². The summed E-state index contributed by atoms with van der Waals surface area (Å²) in [5, 5.41) is 13.3. The molecule has 0 aromatic carbocycles. The molecular weight excluding hydrogens is 228 g/mol. The number of nitrogens with zero attached hydrogens (tertiary/aromatic N) is 1. The second-order valence-electron chi connectivity index (χ2n) is 6.46. The van der Waals surface area contributed by atoms with Crippen molar-refractivity contribution in [2.75, 3.05) is 19.6 Å². The fraction of sp³-hybridized carbons (Fsp3) is 0.929. The van der Waals surface area contributed by atoms with Crippen LogP contribution in [0.2, 0.25) is 0 Å². The van der Waals surface area contributed by atoms with Gasteiger partial charge >= 0.3 is 0 Å². The number of aliphatic hydroxyl groups is 1. The molecule has 2 atom stereocenters. The number of hydrogen-bond donors (Lipinski definition) is 2. The van der Waals surface area contributed by atoms with E-state index in [1.54, 1.807) is 0 Å². The largest absolute Gasteiger partial charge is 0.391 e. The van der Waals surface area contributed by atoms with Gasteiger partial charge in [-0.1, -0.05) is 27.7 Å². The van der Waals surface area contributed by atoms with E-state index >= 15 is 0 Å². The third kappa shape index (κ3) is 4.94. The van der Waals surface area contributed by atoms with Gasteiger partial charge in [0.1, 0.15) is 0 Å². The molecule has 1 amide bonds. The van der Waals surface area contributed by atoms with E-state index < -0.39 is 6.10 Å². The molecule has 1 rings (SSSR count). The van der Waals surface area contributed by atoms with Crippen molar-refractivity contribution in [1.29, 1.82) is 0 Å². The number of aliphatic hydroxyl groups excluding tert-OH is 1. The van der Waals surface area contributed by atoms with Crippen LogP contribution in [0.1, 0.15) is 47.0 Å². The number of amides is 1. The Bertz CT molecular complexity index is 271. The van der Waals surface area contributed by atoms with Crippen molar-refractivity contribution < 1.29 is 9.90 Å². The van der Waals surface area contributed by atoms with E-state index in [0.717, 1.165) is 32.4 Å². The molecule has 0 radical (unpaired) electrons. The quantitative estimate of drug-likeness (QED) is 0.781. The summed E-state index contributed by atoms with van der Waals surface area (Å²) in [4.78, 5) is 14.0. The third-order valence-electron chi connectivity index (χ3n) is 3.26. The van der Waals surface area contributed by atoms with Gasteiger partial charge in [-0.25, -0.2) is 0 Å². The monoisotopic (exact) mass is 256 g/mol. The van der Waals surface area contributed by atoms with Crippen molar-refractivity contribution >= 4 is 5.91 Å². The maximum absolute atomic E-state index is 12.2. The van der Waals surface area contributed by atoms with Gasteiger partial charge < -0.3 is 15.3 Å². The fourth-order valence-electron chi connectivity index (χ4n) is 2.58. The van der Waals surface area contributed by atoms with Gasteiger partial charge in [0.25, 0.3) is 0 Å². The Morgan fingerprint density at radius 1 is 1.50 bits per heavy atom. The van der Waals surface area contributed by atoms with E-state index in [4.69, 9.17) is 0 Å². The zero-order chi connectivity index (χ0) is 13.8. The number of likely N-dealkylation sites (N-methyl/N-ethyl adjacent to an activating group) is 1. The number of carbonyl (C=O) groups is 1. The maximum atomic E-state index is 12.2. The average molecular weight is 256 g/mol. The van der Waals surface area contributed by atoms with Crippen LogP contribution in [0.25, 0.3) is 0 Å². The van der Waals surface area contributed by atoms with Crippen LogP contribution >= 0.6 is 0 Å². The number of likely N-dealkylation sites (tertiary alicyclic amines) is 1. The topological polar surface area (TPSA) is 52.6 Å². The Kier molecular flexibility index (Phi) is 5.60. The summed E-state index contributed by atoms with van der Waals surface area (Å²) >= 11 is 0. The summed E-state index contributed by atoms with van der Waals surface area (Å²) in [6.45, 7) is 10.4. The lowest BCUT2D eigenvalue weighted by Crippen LogP contribution is -2.52. The molecule has 0 aliphatic carbocycles. The second kappa shape index (κ2) is 6.53. The smallest absolute Gasteiger partial charge is 0.239 e. The lowest BCUT2D eigenvalue weighted by molar-refractivity contribution is -0.137. The summed E-state index contributed by atoms with van der Waals surface area (Å²) in [5.41, 5.74) is 0.0965. The van der Waals surface area contributed by atoms with Crippen LogP contribution in [0.5, 0.6) is 0 Å². The Hall–Kier alpha value is -0.610. The van der Waals surface area contributed by atoms with Gasteiger partial charge in [-0.2, -0.15) is 0 Å².